The summed E-state index contributed by atoms with van der Waals surface area (Å²) in [7, 11) is 0. The number of nitrogens with one attached hydrogen (secondary N) is 1. The predicted molar refractivity (Wildman–Crippen MR) is 124 cm³/mol. The quantitative estimate of drug-likeness (QED) is 0.331. The number of aromatic nitrogens is 3. The Hall–Kier alpha value is -2.14. The number of hydrogen-bond acceptors (Lipinski definition) is 3. The van der Waals surface area contributed by atoms with E-state index in [1.165, 1.54) is 25.7 Å². The zero-order chi connectivity index (χ0) is 20.8. The molecule has 0 spiro atoms. The molecule has 156 valence electrons. The molecule has 0 fully saturated rings. The number of hydrogen-bond donors (Lipinski definition) is 1. The fourth-order valence-electron chi connectivity index (χ4n) is 3.78. The highest BCUT2D eigenvalue weighted by molar-refractivity contribution is 6.35. The highest BCUT2D eigenvalue weighted by atomic mass is 35.5. The molecule has 2 aromatic carbocycles. The second-order valence-electron chi connectivity index (χ2n) is 7.66. The van der Waals surface area contributed by atoms with E-state index in [-0.39, 0.29) is 0 Å². The molecule has 1 aliphatic carbocycles. The third-order valence-corrected chi connectivity index (χ3v) is 5.99. The van der Waals surface area contributed by atoms with Crippen molar-refractivity contribution >= 4 is 23.2 Å². The third kappa shape index (κ3) is 5.51. The molecule has 1 aromatic heterocycles. The van der Waals surface area contributed by atoms with Crippen LogP contribution in [0.1, 0.15) is 43.4 Å². The minimum atomic E-state index is 0.503. The van der Waals surface area contributed by atoms with Gasteiger partial charge < -0.3 is 5.32 Å². The van der Waals surface area contributed by atoms with Crippen molar-refractivity contribution < 1.29 is 0 Å². The van der Waals surface area contributed by atoms with Crippen LogP contribution in [0.15, 0.2) is 60.2 Å². The second-order valence-corrected chi connectivity index (χ2v) is 8.51. The van der Waals surface area contributed by atoms with Crippen LogP contribution in [0.4, 0.5) is 0 Å². The fraction of sp³-hybridized carbons (Fsp3) is 0.333. The highest BCUT2D eigenvalue weighted by Gasteiger charge is 2.14. The van der Waals surface area contributed by atoms with E-state index >= 15 is 0 Å². The van der Waals surface area contributed by atoms with Gasteiger partial charge in [0, 0.05) is 22.2 Å². The highest BCUT2D eigenvalue weighted by Crippen LogP contribution is 2.24. The molecular weight excluding hydrogens is 415 g/mol. The van der Waals surface area contributed by atoms with Crippen LogP contribution in [0, 0.1) is 0 Å². The normalized spacial score (nSPS) is 14.0. The van der Waals surface area contributed by atoms with Crippen molar-refractivity contribution in [2.24, 2.45) is 0 Å². The van der Waals surface area contributed by atoms with Crippen LogP contribution in [0.2, 0.25) is 10.0 Å². The van der Waals surface area contributed by atoms with Gasteiger partial charge in [0.25, 0.3) is 0 Å². The number of rotatable bonds is 8. The van der Waals surface area contributed by atoms with Crippen molar-refractivity contribution in [2.75, 3.05) is 6.54 Å². The fourth-order valence-corrected chi connectivity index (χ4v) is 4.25. The van der Waals surface area contributed by atoms with Crippen LogP contribution in [0.25, 0.3) is 11.3 Å². The molecule has 1 heterocycles. The van der Waals surface area contributed by atoms with Crippen molar-refractivity contribution in [1.29, 1.82) is 0 Å². The molecule has 3 aromatic rings. The van der Waals surface area contributed by atoms with E-state index in [0.29, 0.717) is 23.1 Å². The Bertz CT molecular complexity index is 1010. The summed E-state index contributed by atoms with van der Waals surface area (Å²) < 4.78 is 0. The van der Waals surface area contributed by atoms with Gasteiger partial charge >= 0.3 is 0 Å². The third-order valence-electron chi connectivity index (χ3n) is 5.40. The minimum absolute atomic E-state index is 0.503. The van der Waals surface area contributed by atoms with Crippen molar-refractivity contribution in [3.63, 3.8) is 0 Å². The first-order valence-corrected chi connectivity index (χ1v) is 11.3. The SMILES string of the molecule is Clc1ccc(Cn2nc(CNCCC3=CCCCC3)c(-c3ccccc3)n2)c(Cl)c1. The molecule has 4 nitrogen and oxygen atoms in total. The van der Waals surface area contributed by atoms with Gasteiger partial charge in [0.15, 0.2) is 0 Å². The summed E-state index contributed by atoms with van der Waals surface area (Å²) in [5.41, 5.74) is 5.45. The van der Waals surface area contributed by atoms with Crippen LogP contribution in [0.3, 0.4) is 0 Å². The summed E-state index contributed by atoms with van der Waals surface area (Å²) in [6.45, 7) is 2.14. The predicted octanol–water partition coefficient (Wildman–Crippen LogP) is 6.28. The maximum atomic E-state index is 6.35. The Kier molecular flexibility index (Phi) is 7.21. The van der Waals surface area contributed by atoms with Crippen LogP contribution < -0.4 is 5.32 Å². The van der Waals surface area contributed by atoms with Gasteiger partial charge in [-0.05, 0) is 56.3 Å². The maximum absolute atomic E-state index is 6.35. The van der Waals surface area contributed by atoms with Crippen LogP contribution >= 0.6 is 23.2 Å². The molecule has 30 heavy (non-hydrogen) atoms. The molecule has 0 atom stereocenters. The smallest absolute Gasteiger partial charge is 0.117 e. The van der Waals surface area contributed by atoms with Gasteiger partial charge in [0.2, 0.25) is 0 Å². The van der Waals surface area contributed by atoms with Gasteiger partial charge in [-0.15, -0.1) is 0 Å². The monoisotopic (exact) mass is 440 g/mol. The Morgan fingerprint density at radius 1 is 1.00 bits per heavy atom. The molecule has 0 amide bonds. The Balaban J connectivity index is 1.48. The van der Waals surface area contributed by atoms with Crippen molar-refractivity contribution in [3.8, 4) is 11.3 Å². The molecule has 0 saturated heterocycles. The van der Waals surface area contributed by atoms with Crippen LogP contribution in [0.5, 0.6) is 0 Å². The molecule has 0 radical (unpaired) electrons. The molecule has 4 rings (SSSR count). The molecule has 0 bridgehead atoms. The molecule has 6 heteroatoms. The first-order valence-electron chi connectivity index (χ1n) is 10.5. The lowest BCUT2D eigenvalue weighted by Crippen LogP contribution is -2.17. The average Bonchev–Trinajstić information content (AvgIpc) is 3.17. The molecule has 1 N–H and O–H groups in total. The van der Waals surface area contributed by atoms with Gasteiger partial charge in [0.1, 0.15) is 11.4 Å². The van der Waals surface area contributed by atoms with E-state index < -0.39 is 0 Å². The van der Waals surface area contributed by atoms with E-state index in [0.717, 1.165) is 35.5 Å². The lowest BCUT2D eigenvalue weighted by atomic mass is 9.97. The van der Waals surface area contributed by atoms with E-state index in [4.69, 9.17) is 33.4 Å². The summed E-state index contributed by atoms with van der Waals surface area (Å²) >= 11 is 12.4. The second kappa shape index (κ2) is 10.3. The van der Waals surface area contributed by atoms with Crippen LogP contribution in [-0.2, 0) is 13.1 Å². The number of halogens is 2. The number of benzene rings is 2. The summed E-state index contributed by atoms with van der Waals surface area (Å²) in [5, 5.41) is 14.3. The van der Waals surface area contributed by atoms with Crippen molar-refractivity contribution in [3.05, 3.63) is 81.5 Å². The molecule has 0 unspecified atom stereocenters. The number of allylic oxidation sites excluding steroid dienone is 1. The Morgan fingerprint density at radius 3 is 2.63 bits per heavy atom. The Morgan fingerprint density at radius 2 is 1.87 bits per heavy atom. The van der Waals surface area contributed by atoms with Gasteiger partial charge in [0.05, 0.1) is 6.54 Å². The van der Waals surface area contributed by atoms with Crippen molar-refractivity contribution in [1.82, 2.24) is 20.3 Å². The zero-order valence-electron chi connectivity index (χ0n) is 17.0. The summed E-state index contributed by atoms with van der Waals surface area (Å²) in [5.74, 6) is 0. The van der Waals surface area contributed by atoms with E-state index in [1.807, 2.05) is 30.3 Å². The van der Waals surface area contributed by atoms with E-state index in [9.17, 15) is 0 Å². The largest absolute Gasteiger partial charge is 0.311 e. The standard InChI is InChI=1S/C24H26Cl2N4/c25-21-12-11-20(22(26)15-21)17-30-28-23(24(29-30)19-9-5-2-6-10-19)16-27-14-13-18-7-3-1-4-8-18/h2,5-7,9-12,15,27H,1,3-4,8,13-14,16-17H2. The van der Waals surface area contributed by atoms with Crippen molar-refractivity contribution in [2.45, 2.75) is 45.2 Å². The minimum Gasteiger partial charge on any atom is -0.311 e. The van der Waals surface area contributed by atoms with E-state index in [1.54, 1.807) is 16.4 Å². The summed E-state index contributed by atoms with van der Waals surface area (Å²) in [6.07, 6.45) is 8.65. The lowest BCUT2D eigenvalue weighted by molar-refractivity contribution is 0.574. The van der Waals surface area contributed by atoms with Crippen LogP contribution in [-0.4, -0.2) is 21.5 Å². The van der Waals surface area contributed by atoms with Gasteiger partial charge in [-0.1, -0.05) is 71.2 Å². The maximum Gasteiger partial charge on any atom is 0.117 e. The average molecular weight is 441 g/mol. The number of nitrogens with zero attached hydrogens (tertiary/aromatic N) is 3. The zero-order valence-corrected chi connectivity index (χ0v) is 18.5. The molecule has 1 aliphatic rings. The summed E-state index contributed by atoms with van der Waals surface area (Å²) in [4.78, 5) is 1.72. The van der Waals surface area contributed by atoms with E-state index in [2.05, 4.69) is 23.5 Å². The van der Waals surface area contributed by atoms with Gasteiger partial charge in [-0.2, -0.15) is 15.0 Å². The first-order chi connectivity index (χ1) is 14.7. The van der Waals surface area contributed by atoms with Gasteiger partial charge in [-0.3, -0.25) is 0 Å². The lowest BCUT2D eigenvalue weighted by Gasteiger charge is -2.12. The summed E-state index contributed by atoms with van der Waals surface area (Å²) in [6, 6.07) is 15.7. The molecule has 0 saturated carbocycles. The molecule has 0 aliphatic heterocycles. The van der Waals surface area contributed by atoms with Gasteiger partial charge in [-0.25, -0.2) is 0 Å². The molecular formula is C24H26Cl2N4. The first kappa shape index (κ1) is 21.1. The topological polar surface area (TPSA) is 42.7 Å². The Labute approximate surface area is 187 Å².